The van der Waals surface area contributed by atoms with Gasteiger partial charge in [0.15, 0.2) is 0 Å². The van der Waals surface area contributed by atoms with Crippen molar-refractivity contribution in [1.29, 1.82) is 0 Å². The minimum atomic E-state index is -4.61. The van der Waals surface area contributed by atoms with E-state index in [2.05, 4.69) is 25.2 Å². The summed E-state index contributed by atoms with van der Waals surface area (Å²) in [5, 5.41) is 0. The molecule has 1 aliphatic heterocycles. The molecule has 2 heterocycles. The predicted octanol–water partition coefficient (Wildman–Crippen LogP) is 6.94. The SMILES string of the molecule is Cc1nc2c(c(=O)n1C(C1=CC(C)CC=C1)c1ccccc1)CN(C(C)c1ccc(C(F)(F)F)cc1F)CC2. The van der Waals surface area contributed by atoms with E-state index in [0.29, 0.717) is 36.3 Å². The highest BCUT2D eigenvalue weighted by atomic mass is 19.4. The molecule has 3 aromatic rings. The minimum absolute atomic E-state index is 0.149. The Kier molecular flexibility index (Phi) is 7.33. The maximum absolute atomic E-state index is 14.8. The van der Waals surface area contributed by atoms with Crippen molar-refractivity contribution in [3.8, 4) is 0 Å². The zero-order chi connectivity index (χ0) is 27.9. The quantitative estimate of drug-likeness (QED) is 0.331. The molecule has 0 spiro atoms. The molecule has 1 aliphatic carbocycles. The first kappa shape index (κ1) is 27.1. The standard InChI is InChI=1S/C31H31F4N3O/c1-19-8-7-11-23(16-19)29(22-9-5-4-6-10-22)38-21(3)36-28-14-15-37(18-26(28)30(38)39)20(2)25-13-12-24(17-27(25)32)31(33,34)35/h4-7,9-13,16-17,19-20,29H,8,14-15,18H2,1-3H3. The third kappa shape index (κ3) is 5.35. The number of nitrogens with zero attached hydrogens (tertiary/aromatic N) is 3. The van der Waals surface area contributed by atoms with Gasteiger partial charge >= 0.3 is 6.18 Å². The van der Waals surface area contributed by atoms with Crippen LogP contribution in [0, 0.1) is 18.7 Å². The van der Waals surface area contributed by atoms with Gasteiger partial charge in [0.1, 0.15) is 11.6 Å². The highest BCUT2D eigenvalue weighted by molar-refractivity contribution is 5.39. The van der Waals surface area contributed by atoms with Crippen molar-refractivity contribution in [3.63, 3.8) is 0 Å². The summed E-state index contributed by atoms with van der Waals surface area (Å²) < 4.78 is 55.7. The van der Waals surface area contributed by atoms with Crippen molar-refractivity contribution in [2.75, 3.05) is 6.54 Å². The third-order valence-electron chi connectivity index (χ3n) is 7.78. The summed E-state index contributed by atoms with van der Waals surface area (Å²) in [5.74, 6) is 0.0556. The van der Waals surface area contributed by atoms with E-state index in [1.165, 1.54) is 6.07 Å². The molecule has 39 heavy (non-hydrogen) atoms. The van der Waals surface area contributed by atoms with Gasteiger partial charge in [-0.2, -0.15) is 13.2 Å². The third-order valence-corrected chi connectivity index (χ3v) is 7.78. The number of aryl methyl sites for hydroxylation is 1. The van der Waals surface area contributed by atoms with Crippen LogP contribution < -0.4 is 5.56 Å². The van der Waals surface area contributed by atoms with E-state index in [4.69, 9.17) is 4.98 Å². The van der Waals surface area contributed by atoms with Crippen LogP contribution in [0.1, 0.15) is 66.1 Å². The smallest absolute Gasteiger partial charge is 0.292 e. The summed E-state index contributed by atoms with van der Waals surface area (Å²) in [7, 11) is 0. The Morgan fingerprint density at radius 1 is 1.10 bits per heavy atom. The molecule has 0 fully saturated rings. The highest BCUT2D eigenvalue weighted by Crippen LogP contribution is 2.35. The lowest BCUT2D eigenvalue weighted by Crippen LogP contribution is -2.41. The summed E-state index contributed by atoms with van der Waals surface area (Å²) in [6, 6.07) is 11.6. The number of benzene rings is 2. The molecule has 2 aliphatic rings. The maximum Gasteiger partial charge on any atom is 0.416 e. The number of allylic oxidation sites excluding steroid dienone is 4. The molecular weight excluding hydrogens is 506 g/mol. The minimum Gasteiger partial charge on any atom is -0.292 e. The summed E-state index contributed by atoms with van der Waals surface area (Å²) >= 11 is 0. The van der Waals surface area contributed by atoms with Crippen LogP contribution in [0.5, 0.6) is 0 Å². The van der Waals surface area contributed by atoms with Crippen LogP contribution in [-0.4, -0.2) is 21.0 Å². The molecule has 3 atom stereocenters. The molecule has 3 unspecified atom stereocenters. The highest BCUT2D eigenvalue weighted by Gasteiger charge is 2.33. The van der Waals surface area contributed by atoms with Gasteiger partial charge in [0, 0.05) is 31.1 Å². The van der Waals surface area contributed by atoms with Gasteiger partial charge in [-0.15, -0.1) is 0 Å². The molecule has 2 aromatic carbocycles. The second-order valence-corrected chi connectivity index (χ2v) is 10.5. The number of halogens is 4. The van der Waals surface area contributed by atoms with Crippen LogP contribution in [0.3, 0.4) is 0 Å². The second kappa shape index (κ2) is 10.6. The lowest BCUT2D eigenvalue weighted by atomic mass is 9.89. The summed E-state index contributed by atoms with van der Waals surface area (Å²) in [5.41, 5.74) is 2.26. The lowest BCUT2D eigenvalue weighted by molar-refractivity contribution is -0.137. The fourth-order valence-electron chi connectivity index (χ4n) is 5.68. The Bertz CT molecular complexity index is 1490. The summed E-state index contributed by atoms with van der Waals surface area (Å²) in [4.78, 5) is 20.9. The predicted molar refractivity (Wildman–Crippen MR) is 143 cm³/mol. The Morgan fingerprint density at radius 3 is 2.51 bits per heavy atom. The number of rotatable bonds is 5. The van der Waals surface area contributed by atoms with Gasteiger partial charge in [-0.3, -0.25) is 14.3 Å². The summed E-state index contributed by atoms with van der Waals surface area (Å²) in [6.07, 6.45) is 3.22. The van der Waals surface area contributed by atoms with E-state index in [1.54, 1.807) is 11.5 Å². The van der Waals surface area contributed by atoms with Crippen LogP contribution >= 0.6 is 0 Å². The maximum atomic E-state index is 14.8. The molecule has 0 amide bonds. The lowest BCUT2D eigenvalue weighted by Gasteiger charge is -2.34. The van der Waals surface area contributed by atoms with Crippen LogP contribution in [0.4, 0.5) is 17.6 Å². The van der Waals surface area contributed by atoms with Gasteiger partial charge in [-0.25, -0.2) is 9.37 Å². The Hall–Kier alpha value is -3.52. The van der Waals surface area contributed by atoms with Crippen LogP contribution in [0.2, 0.25) is 0 Å². The van der Waals surface area contributed by atoms with E-state index in [0.717, 1.165) is 29.3 Å². The fraction of sp³-hybridized carbons (Fsp3) is 0.355. The fourth-order valence-corrected chi connectivity index (χ4v) is 5.68. The number of hydrogen-bond acceptors (Lipinski definition) is 3. The van der Waals surface area contributed by atoms with Crippen molar-refractivity contribution in [2.24, 2.45) is 5.92 Å². The average Bonchev–Trinajstić information content (AvgIpc) is 2.90. The molecule has 4 nitrogen and oxygen atoms in total. The first-order chi connectivity index (χ1) is 18.5. The Balaban J connectivity index is 1.53. The number of alkyl halides is 3. The molecule has 0 saturated heterocycles. The number of hydrogen-bond donors (Lipinski definition) is 0. The second-order valence-electron chi connectivity index (χ2n) is 10.5. The zero-order valence-corrected chi connectivity index (χ0v) is 22.2. The monoisotopic (exact) mass is 537 g/mol. The molecule has 1 aromatic heterocycles. The van der Waals surface area contributed by atoms with Crippen molar-refractivity contribution >= 4 is 0 Å². The molecule has 0 saturated carbocycles. The molecule has 0 N–H and O–H groups in total. The molecule has 0 radical (unpaired) electrons. The normalized spacial score (nSPS) is 19.4. The van der Waals surface area contributed by atoms with E-state index in [-0.39, 0.29) is 23.7 Å². The van der Waals surface area contributed by atoms with Crippen molar-refractivity contribution in [3.05, 3.63) is 122 Å². The molecule has 5 rings (SSSR count). The molecule has 8 heteroatoms. The average molecular weight is 538 g/mol. The van der Waals surface area contributed by atoms with Gasteiger partial charge in [0.2, 0.25) is 0 Å². The number of fused-ring (bicyclic) bond motifs is 1. The van der Waals surface area contributed by atoms with Gasteiger partial charge in [-0.1, -0.05) is 61.5 Å². The van der Waals surface area contributed by atoms with E-state index in [9.17, 15) is 22.4 Å². The van der Waals surface area contributed by atoms with Crippen molar-refractivity contribution in [1.82, 2.24) is 14.5 Å². The first-order valence-corrected chi connectivity index (χ1v) is 13.2. The van der Waals surface area contributed by atoms with Crippen molar-refractivity contribution < 1.29 is 17.6 Å². The van der Waals surface area contributed by atoms with Crippen LogP contribution in [0.25, 0.3) is 0 Å². The van der Waals surface area contributed by atoms with Gasteiger partial charge in [-0.05, 0) is 49.5 Å². The zero-order valence-electron chi connectivity index (χ0n) is 22.2. The van der Waals surface area contributed by atoms with E-state index >= 15 is 0 Å². The molecule has 204 valence electrons. The largest absolute Gasteiger partial charge is 0.416 e. The first-order valence-electron chi connectivity index (χ1n) is 13.2. The van der Waals surface area contributed by atoms with Gasteiger partial charge in [0.25, 0.3) is 5.56 Å². The van der Waals surface area contributed by atoms with Crippen LogP contribution in [0.15, 0.2) is 77.1 Å². The number of aromatic nitrogens is 2. The Morgan fingerprint density at radius 2 is 1.85 bits per heavy atom. The van der Waals surface area contributed by atoms with E-state index in [1.807, 2.05) is 42.2 Å². The summed E-state index contributed by atoms with van der Waals surface area (Å²) in [6.45, 7) is 6.49. The van der Waals surface area contributed by atoms with Gasteiger partial charge in [0.05, 0.1) is 22.9 Å². The van der Waals surface area contributed by atoms with E-state index < -0.39 is 23.6 Å². The topological polar surface area (TPSA) is 38.1 Å². The Labute approximate surface area is 225 Å². The van der Waals surface area contributed by atoms with Gasteiger partial charge < -0.3 is 0 Å². The molecular formula is C31H31F4N3O. The van der Waals surface area contributed by atoms with Crippen molar-refractivity contribution in [2.45, 2.75) is 58.4 Å². The van der Waals surface area contributed by atoms with Crippen LogP contribution in [-0.2, 0) is 19.1 Å². The molecule has 0 bridgehead atoms.